The summed E-state index contributed by atoms with van der Waals surface area (Å²) in [7, 11) is 1.57. The molecule has 4 atom stereocenters. The van der Waals surface area contributed by atoms with Crippen LogP contribution in [0, 0.1) is 0 Å². The van der Waals surface area contributed by atoms with Gasteiger partial charge in [-0.05, 0) is 61.6 Å². The van der Waals surface area contributed by atoms with Gasteiger partial charge in [0, 0.05) is 30.6 Å². The van der Waals surface area contributed by atoms with Gasteiger partial charge < -0.3 is 36.4 Å². The van der Waals surface area contributed by atoms with Crippen LogP contribution >= 0.6 is 11.8 Å². The summed E-state index contributed by atoms with van der Waals surface area (Å²) < 4.78 is 5.52. The van der Waals surface area contributed by atoms with Gasteiger partial charge in [-0.2, -0.15) is 11.8 Å². The molecule has 1 heterocycles. The van der Waals surface area contributed by atoms with Crippen molar-refractivity contribution in [3.05, 3.63) is 72.3 Å². The van der Waals surface area contributed by atoms with Crippen molar-refractivity contribution in [2.24, 2.45) is 5.73 Å². The number of rotatable bonds is 13. The normalized spacial score (nSPS) is 15.7. The largest absolute Gasteiger partial charge is 0.496 e. The van der Waals surface area contributed by atoms with Crippen molar-refractivity contribution in [1.29, 1.82) is 0 Å². The molecule has 0 aliphatic carbocycles. The number of carboxylic acid groups (broad SMARTS) is 1. The molecule has 1 aliphatic heterocycles. The van der Waals surface area contributed by atoms with Gasteiger partial charge in [-0.3, -0.25) is 24.0 Å². The van der Waals surface area contributed by atoms with E-state index in [2.05, 4.69) is 16.0 Å². The SMILES string of the molecule is CC(=O)O.COc1cc(NC(=O)[C@H](CCSC)NC(=O)[C@H](C)NC(=O)[C@@H]2CCCN2C(=O)[C@@H](N)Cc2ccccc2)cc2ccccc12. The average molecular weight is 680 g/mol. The maximum Gasteiger partial charge on any atom is 0.300 e. The van der Waals surface area contributed by atoms with Crippen LogP contribution in [0.4, 0.5) is 5.69 Å². The third kappa shape index (κ3) is 11.0. The van der Waals surface area contributed by atoms with E-state index in [4.69, 9.17) is 20.4 Å². The van der Waals surface area contributed by atoms with Crippen LogP contribution in [0.3, 0.4) is 0 Å². The van der Waals surface area contributed by atoms with Gasteiger partial charge in [-0.1, -0.05) is 54.6 Å². The zero-order valence-electron chi connectivity index (χ0n) is 27.7. The molecule has 0 radical (unpaired) electrons. The minimum absolute atomic E-state index is 0.289. The number of amides is 4. The molecule has 13 heteroatoms. The Morgan fingerprint density at radius 3 is 2.35 bits per heavy atom. The van der Waals surface area contributed by atoms with Gasteiger partial charge in [-0.25, -0.2) is 0 Å². The molecule has 4 amide bonds. The molecule has 4 rings (SSSR count). The fraction of sp³-hybridized carbons (Fsp3) is 0.400. The molecule has 1 saturated heterocycles. The predicted octanol–water partition coefficient (Wildman–Crippen LogP) is 3.18. The van der Waals surface area contributed by atoms with Crippen LogP contribution in [-0.4, -0.2) is 89.4 Å². The topological polar surface area (TPSA) is 180 Å². The second-order valence-corrected chi connectivity index (χ2v) is 12.5. The minimum Gasteiger partial charge on any atom is -0.496 e. The van der Waals surface area contributed by atoms with Gasteiger partial charge in [-0.15, -0.1) is 0 Å². The van der Waals surface area contributed by atoms with Crippen LogP contribution in [0.1, 0.15) is 38.7 Å². The summed E-state index contributed by atoms with van der Waals surface area (Å²) in [5.74, 6) is -1.14. The molecule has 48 heavy (non-hydrogen) atoms. The molecular formula is C35H45N5O7S. The summed E-state index contributed by atoms with van der Waals surface area (Å²) in [6.07, 6.45) is 3.84. The van der Waals surface area contributed by atoms with Gasteiger partial charge in [0.05, 0.1) is 13.2 Å². The van der Waals surface area contributed by atoms with Crippen LogP contribution in [0.15, 0.2) is 66.7 Å². The fourth-order valence-electron chi connectivity index (χ4n) is 5.39. The zero-order chi connectivity index (χ0) is 35.2. The second kappa shape index (κ2) is 18.6. The Morgan fingerprint density at radius 1 is 1.02 bits per heavy atom. The third-order valence-corrected chi connectivity index (χ3v) is 8.41. The number of carboxylic acids is 1. The van der Waals surface area contributed by atoms with Gasteiger partial charge in [0.1, 0.15) is 23.9 Å². The summed E-state index contributed by atoms with van der Waals surface area (Å²) in [5, 5.41) is 17.7. The Balaban J connectivity index is 0.00000148. The van der Waals surface area contributed by atoms with Crippen molar-refractivity contribution in [2.75, 3.05) is 31.0 Å². The van der Waals surface area contributed by atoms with Crippen molar-refractivity contribution >= 4 is 57.8 Å². The Morgan fingerprint density at radius 2 is 1.69 bits per heavy atom. The lowest BCUT2D eigenvalue weighted by Crippen LogP contribution is -2.56. The molecule has 1 fully saturated rings. The number of benzene rings is 3. The van der Waals surface area contributed by atoms with Crippen LogP contribution in [0.5, 0.6) is 5.75 Å². The lowest BCUT2D eigenvalue weighted by molar-refractivity contribution is -0.140. The standard InChI is InChI=1S/C33H41N5O5S.C2H4O2/c1-21(35-32(41)28-14-9-16-38(28)33(42)26(34)18-22-10-5-4-6-11-22)30(39)37-27(15-17-44-3)31(40)36-24-19-23-12-7-8-13-25(23)29(20-24)43-2;1-2(3)4/h4-8,10-13,19-21,26-28H,9,14-18,34H2,1-3H3,(H,35,41)(H,36,40)(H,37,39);1H3,(H,3,4)/t21-,26-,27-,28-;/m0./s1. The first-order valence-corrected chi connectivity index (χ1v) is 17.1. The number of hydrogen-bond donors (Lipinski definition) is 5. The molecule has 0 unspecified atom stereocenters. The molecule has 12 nitrogen and oxygen atoms in total. The Hall–Kier alpha value is -4.62. The van der Waals surface area contributed by atoms with Crippen LogP contribution in [0.2, 0.25) is 0 Å². The maximum absolute atomic E-state index is 13.3. The number of carbonyl (C=O) groups excluding carboxylic acids is 4. The van der Waals surface area contributed by atoms with Crippen molar-refractivity contribution < 1.29 is 33.8 Å². The van der Waals surface area contributed by atoms with Gasteiger partial charge in [0.15, 0.2) is 0 Å². The number of carbonyl (C=O) groups is 5. The first-order valence-electron chi connectivity index (χ1n) is 15.7. The maximum atomic E-state index is 13.3. The zero-order valence-corrected chi connectivity index (χ0v) is 28.5. The number of thioether (sulfide) groups is 1. The average Bonchev–Trinajstić information content (AvgIpc) is 3.56. The molecule has 0 aromatic heterocycles. The van der Waals surface area contributed by atoms with Crippen molar-refractivity contribution in [3.63, 3.8) is 0 Å². The van der Waals surface area contributed by atoms with Crippen molar-refractivity contribution in [3.8, 4) is 5.75 Å². The molecule has 0 bridgehead atoms. The number of fused-ring (bicyclic) bond motifs is 1. The van der Waals surface area contributed by atoms with Gasteiger partial charge >= 0.3 is 0 Å². The van der Waals surface area contributed by atoms with E-state index in [-0.39, 0.29) is 11.8 Å². The summed E-state index contributed by atoms with van der Waals surface area (Å²) in [6, 6.07) is 17.6. The predicted molar refractivity (Wildman–Crippen MR) is 188 cm³/mol. The Kier molecular flexibility index (Phi) is 14.7. The van der Waals surface area contributed by atoms with Crippen molar-refractivity contribution in [2.45, 2.75) is 63.7 Å². The first-order chi connectivity index (χ1) is 22.9. The number of methoxy groups -OCH3 is 1. The number of aliphatic carboxylic acids is 1. The summed E-state index contributed by atoms with van der Waals surface area (Å²) >= 11 is 1.56. The van der Waals surface area contributed by atoms with E-state index in [1.54, 1.807) is 31.9 Å². The first kappa shape index (κ1) is 37.8. The molecule has 3 aromatic carbocycles. The Bertz CT molecular complexity index is 1570. The van der Waals surface area contributed by atoms with Gasteiger partial charge in [0.2, 0.25) is 23.6 Å². The second-order valence-electron chi connectivity index (χ2n) is 11.5. The van der Waals surface area contributed by atoms with E-state index >= 15 is 0 Å². The summed E-state index contributed by atoms with van der Waals surface area (Å²) in [6.45, 7) is 3.07. The summed E-state index contributed by atoms with van der Waals surface area (Å²) in [5.41, 5.74) is 7.72. The van der Waals surface area contributed by atoms with E-state index in [1.807, 2.05) is 66.9 Å². The summed E-state index contributed by atoms with van der Waals surface area (Å²) in [4.78, 5) is 63.4. The number of anilines is 1. The highest BCUT2D eigenvalue weighted by Crippen LogP contribution is 2.30. The quantitative estimate of drug-likeness (QED) is 0.181. The number of hydrogen-bond acceptors (Lipinski definition) is 8. The monoisotopic (exact) mass is 679 g/mol. The Labute approximate surface area is 285 Å². The smallest absolute Gasteiger partial charge is 0.300 e. The van der Waals surface area contributed by atoms with Gasteiger partial charge in [0.25, 0.3) is 5.97 Å². The lowest BCUT2D eigenvalue weighted by atomic mass is 10.0. The highest BCUT2D eigenvalue weighted by atomic mass is 32.2. The highest BCUT2D eigenvalue weighted by Gasteiger charge is 2.37. The number of nitrogens with one attached hydrogen (secondary N) is 3. The molecule has 0 saturated carbocycles. The fourth-order valence-corrected chi connectivity index (χ4v) is 5.87. The van der Waals surface area contributed by atoms with Crippen LogP contribution in [0.25, 0.3) is 10.8 Å². The van der Waals surface area contributed by atoms with Crippen LogP contribution < -0.4 is 26.4 Å². The van der Waals surface area contributed by atoms with Crippen LogP contribution in [-0.2, 0) is 30.4 Å². The van der Waals surface area contributed by atoms with E-state index in [1.165, 1.54) is 4.90 Å². The van der Waals surface area contributed by atoms with E-state index in [0.29, 0.717) is 49.4 Å². The van der Waals surface area contributed by atoms with E-state index in [0.717, 1.165) is 23.3 Å². The number of nitrogens with two attached hydrogens (primary N) is 1. The van der Waals surface area contributed by atoms with E-state index in [9.17, 15) is 19.2 Å². The molecule has 3 aromatic rings. The highest BCUT2D eigenvalue weighted by molar-refractivity contribution is 7.98. The molecule has 6 N–H and O–H groups in total. The molecular weight excluding hydrogens is 634 g/mol. The lowest BCUT2D eigenvalue weighted by Gasteiger charge is -2.28. The molecule has 258 valence electrons. The third-order valence-electron chi connectivity index (χ3n) is 7.76. The van der Waals surface area contributed by atoms with Crippen molar-refractivity contribution in [1.82, 2.24) is 15.5 Å². The molecule has 1 aliphatic rings. The number of ether oxygens (including phenoxy) is 1. The minimum atomic E-state index is -0.927. The van der Waals surface area contributed by atoms with E-state index < -0.39 is 42.0 Å². The number of likely N-dealkylation sites (tertiary alicyclic amines) is 1. The number of nitrogens with zero attached hydrogens (tertiary/aromatic N) is 1. The molecule has 0 spiro atoms.